The third kappa shape index (κ3) is 3.77. The summed E-state index contributed by atoms with van der Waals surface area (Å²) in [5.74, 6) is 0.485. The molecule has 0 aliphatic heterocycles. The Hall–Kier alpha value is -1.95. The molecule has 6 heteroatoms. The van der Waals surface area contributed by atoms with Gasteiger partial charge in [-0.15, -0.1) is 11.3 Å². The van der Waals surface area contributed by atoms with Crippen LogP contribution in [0.4, 0.5) is 5.82 Å². The minimum absolute atomic E-state index is 0.127. The molecule has 106 valence electrons. The molecule has 2 aromatic rings. The predicted octanol–water partition coefficient (Wildman–Crippen LogP) is 2.22. The molecular formula is C14H18N4OS. The summed E-state index contributed by atoms with van der Waals surface area (Å²) in [6.45, 7) is 4.60. The van der Waals surface area contributed by atoms with Gasteiger partial charge in [-0.3, -0.25) is 4.79 Å². The molecule has 0 spiro atoms. The molecule has 2 rings (SSSR count). The maximum atomic E-state index is 12.1. The minimum Gasteiger partial charge on any atom is -0.384 e. The third-order valence-electron chi connectivity index (χ3n) is 2.83. The lowest BCUT2D eigenvalue weighted by molar-refractivity contribution is 0.0954. The molecule has 0 fully saturated rings. The summed E-state index contributed by atoms with van der Waals surface area (Å²) in [6.07, 6.45) is 2.50. The molecule has 0 atom stereocenters. The molecule has 0 radical (unpaired) electrons. The molecular weight excluding hydrogens is 272 g/mol. The normalized spacial score (nSPS) is 10.8. The summed E-state index contributed by atoms with van der Waals surface area (Å²) in [5.41, 5.74) is 7.13. The third-order valence-corrected chi connectivity index (χ3v) is 3.67. The number of nitrogen functional groups attached to an aromatic ring is 1. The highest BCUT2D eigenvalue weighted by molar-refractivity contribution is 7.09. The molecule has 0 aromatic carbocycles. The van der Waals surface area contributed by atoms with Crippen molar-refractivity contribution in [3.05, 3.63) is 40.0 Å². The van der Waals surface area contributed by atoms with Gasteiger partial charge in [-0.05, 0) is 18.1 Å². The van der Waals surface area contributed by atoms with Crippen LogP contribution in [0.25, 0.3) is 0 Å². The summed E-state index contributed by atoms with van der Waals surface area (Å²) in [6, 6.07) is 3.39. The number of aromatic nitrogens is 2. The van der Waals surface area contributed by atoms with Gasteiger partial charge in [0.1, 0.15) is 5.82 Å². The number of nitrogens with one attached hydrogen (secondary N) is 1. The molecule has 0 unspecified atom stereocenters. The second kappa shape index (κ2) is 6.47. The molecule has 0 bridgehead atoms. The van der Waals surface area contributed by atoms with Crippen LogP contribution in [-0.2, 0) is 6.42 Å². The van der Waals surface area contributed by atoms with Gasteiger partial charge in [-0.25, -0.2) is 9.97 Å². The number of carbonyl (C=O) groups excluding carboxylic acids is 1. The molecule has 2 heterocycles. The fourth-order valence-corrected chi connectivity index (χ4v) is 2.38. The smallest absolute Gasteiger partial charge is 0.251 e. The molecule has 1 amide bonds. The van der Waals surface area contributed by atoms with Crippen molar-refractivity contribution in [3.8, 4) is 0 Å². The van der Waals surface area contributed by atoms with Crippen LogP contribution in [0.3, 0.4) is 0 Å². The van der Waals surface area contributed by atoms with E-state index in [1.165, 1.54) is 0 Å². The van der Waals surface area contributed by atoms with E-state index in [2.05, 4.69) is 15.3 Å². The quantitative estimate of drug-likeness (QED) is 0.884. The maximum Gasteiger partial charge on any atom is 0.251 e. The van der Waals surface area contributed by atoms with Gasteiger partial charge in [-0.2, -0.15) is 0 Å². The van der Waals surface area contributed by atoms with Crippen LogP contribution in [0.2, 0.25) is 0 Å². The monoisotopic (exact) mass is 290 g/mol. The number of nitrogens with two attached hydrogens (primary N) is 1. The van der Waals surface area contributed by atoms with Crippen LogP contribution < -0.4 is 11.1 Å². The van der Waals surface area contributed by atoms with E-state index in [0.717, 1.165) is 17.1 Å². The Bertz CT molecular complexity index is 581. The number of thiazole rings is 1. The van der Waals surface area contributed by atoms with Gasteiger partial charge >= 0.3 is 0 Å². The topological polar surface area (TPSA) is 80.9 Å². The highest BCUT2D eigenvalue weighted by Crippen LogP contribution is 2.16. The van der Waals surface area contributed by atoms with Gasteiger partial charge in [0.15, 0.2) is 0 Å². The predicted molar refractivity (Wildman–Crippen MR) is 80.9 cm³/mol. The zero-order valence-corrected chi connectivity index (χ0v) is 12.4. The Balaban J connectivity index is 1.98. The van der Waals surface area contributed by atoms with Gasteiger partial charge in [0, 0.05) is 35.8 Å². The van der Waals surface area contributed by atoms with Gasteiger partial charge < -0.3 is 11.1 Å². The largest absolute Gasteiger partial charge is 0.384 e. The molecule has 0 saturated carbocycles. The van der Waals surface area contributed by atoms with Crippen LogP contribution in [0.15, 0.2) is 23.7 Å². The van der Waals surface area contributed by atoms with Crippen LogP contribution in [0, 0.1) is 0 Å². The number of carbonyl (C=O) groups is 1. The number of anilines is 1. The van der Waals surface area contributed by atoms with E-state index in [0.29, 0.717) is 17.9 Å². The van der Waals surface area contributed by atoms with Crippen LogP contribution in [0.5, 0.6) is 0 Å². The van der Waals surface area contributed by atoms with Gasteiger partial charge in [-0.1, -0.05) is 13.8 Å². The van der Waals surface area contributed by atoms with E-state index in [1.54, 1.807) is 29.7 Å². The van der Waals surface area contributed by atoms with Crippen molar-refractivity contribution < 1.29 is 4.79 Å². The SMILES string of the molecule is CC(C)c1cc(C(=O)NCCc2nccs2)cc(N)n1. The van der Waals surface area contributed by atoms with E-state index >= 15 is 0 Å². The average Bonchev–Trinajstić information content (AvgIpc) is 2.91. The zero-order chi connectivity index (χ0) is 14.5. The van der Waals surface area contributed by atoms with Gasteiger partial charge in [0.25, 0.3) is 5.91 Å². The Kier molecular flexibility index (Phi) is 4.68. The first-order valence-corrected chi connectivity index (χ1v) is 7.38. The zero-order valence-electron chi connectivity index (χ0n) is 11.6. The first kappa shape index (κ1) is 14.5. The Morgan fingerprint density at radius 2 is 2.25 bits per heavy atom. The van der Waals surface area contributed by atoms with Crippen molar-refractivity contribution in [1.82, 2.24) is 15.3 Å². The number of pyridine rings is 1. The number of hydrogen-bond donors (Lipinski definition) is 2. The van der Waals surface area contributed by atoms with Crippen molar-refractivity contribution in [2.75, 3.05) is 12.3 Å². The average molecular weight is 290 g/mol. The number of rotatable bonds is 5. The van der Waals surface area contributed by atoms with Crippen molar-refractivity contribution in [2.45, 2.75) is 26.2 Å². The van der Waals surface area contributed by atoms with Crippen molar-refractivity contribution in [1.29, 1.82) is 0 Å². The Morgan fingerprint density at radius 1 is 1.45 bits per heavy atom. The van der Waals surface area contributed by atoms with Gasteiger partial charge in [0.05, 0.1) is 5.01 Å². The second-order valence-electron chi connectivity index (χ2n) is 4.79. The fraction of sp³-hybridized carbons (Fsp3) is 0.357. The van der Waals surface area contributed by atoms with E-state index in [9.17, 15) is 4.79 Å². The van der Waals surface area contributed by atoms with E-state index in [1.807, 2.05) is 19.2 Å². The first-order chi connectivity index (χ1) is 9.56. The van der Waals surface area contributed by atoms with Crippen LogP contribution >= 0.6 is 11.3 Å². The summed E-state index contributed by atoms with van der Waals surface area (Å²) in [7, 11) is 0. The number of hydrogen-bond acceptors (Lipinski definition) is 5. The lowest BCUT2D eigenvalue weighted by Gasteiger charge is -2.09. The van der Waals surface area contributed by atoms with Crippen molar-refractivity contribution in [2.24, 2.45) is 0 Å². The van der Waals surface area contributed by atoms with E-state index in [-0.39, 0.29) is 11.8 Å². The van der Waals surface area contributed by atoms with Crippen molar-refractivity contribution >= 4 is 23.1 Å². The molecule has 0 saturated heterocycles. The summed E-state index contributed by atoms with van der Waals surface area (Å²) in [5, 5.41) is 5.82. The highest BCUT2D eigenvalue weighted by atomic mass is 32.1. The fourth-order valence-electron chi connectivity index (χ4n) is 1.76. The molecule has 3 N–H and O–H groups in total. The molecule has 0 aliphatic carbocycles. The van der Waals surface area contributed by atoms with Gasteiger partial charge in [0.2, 0.25) is 0 Å². The second-order valence-corrected chi connectivity index (χ2v) is 5.77. The molecule has 20 heavy (non-hydrogen) atoms. The molecule has 2 aromatic heterocycles. The Labute approximate surface area is 122 Å². The van der Waals surface area contributed by atoms with E-state index < -0.39 is 0 Å². The lowest BCUT2D eigenvalue weighted by Crippen LogP contribution is -2.26. The maximum absolute atomic E-state index is 12.1. The minimum atomic E-state index is -0.127. The first-order valence-electron chi connectivity index (χ1n) is 6.50. The van der Waals surface area contributed by atoms with Crippen LogP contribution in [0.1, 0.15) is 40.8 Å². The highest BCUT2D eigenvalue weighted by Gasteiger charge is 2.10. The van der Waals surface area contributed by atoms with E-state index in [4.69, 9.17) is 5.73 Å². The molecule has 0 aliphatic rings. The summed E-state index contributed by atoms with van der Waals surface area (Å²) in [4.78, 5) is 20.5. The summed E-state index contributed by atoms with van der Waals surface area (Å²) >= 11 is 1.59. The standard InChI is InChI=1S/C14H18N4OS/c1-9(2)11-7-10(8-12(15)18-11)14(19)17-4-3-13-16-5-6-20-13/h5-9H,3-4H2,1-2H3,(H2,15,18)(H,17,19). The van der Waals surface area contributed by atoms with Crippen LogP contribution in [-0.4, -0.2) is 22.4 Å². The number of nitrogens with zero attached hydrogens (tertiary/aromatic N) is 2. The number of amides is 1. The lowest BCUT2D eigenvalue weighted by atomic mass is 10.1. The summed E-state index contributed by atoms with van der Waals surface area (Å²) < 4.78 is 0. The Morgan fingerprint density at radius 3 is 2.90 bits per heavy atom. The van der Waals surface area contributed by atoms with Crippen molar-refractivity contribution in [3.63, 3.8) is 0 Å². The molecule has 5 nitrogen and oxygen atoms in total.